The second-order valence-electron chi connectivity index (χ2n) is 3.45. The van der Waals surface area contributed by atoms with Crippen LogP contribution in [0.2, 0.25) is 0 Å². The first-order valence-electron chi connectivity index (χ1n) is 5.30. The molecule has 1 saturated heterocycles. The molecule has 1 aromatic carbocycles. The van der Waals surface area contributed by atoms with Crippen LogP contribution < -0.4 is 0 Å². The average Bonchev–Trinajstić information content (AvgIpc) is 2.69. The molecular formula is C12H12O3S2. The van der Waals surface area contributed by atoms with E-state index in [2.05, 4.69) is 0 Å². The third-order valence-corrected chi connectivity index (χ3v) is 2.90. The molecule has 90 valence electrons. The van der Waals surface area contributed by atoms with Crippen molar-refractivity contribution in [1.29, 1.82) is 0 Å². The topological polar surface area (TPSA) is 27.7 Å². The van der Waals surface area contributed by atoms with Gasteiger partial charge in [0.25, 0.3) is 0 Å². The van der Waals surface area contributed by atoms with Gasteiger partial charge in [0, 0.05) is 11.1 Å². The van der Waals surface area contributed by atoms with Gasteiger partial charge in [-0.05, 0) is 36.6 Å². The van der Waals surface area contributed by atoms with Crippen molar-refractivity contribution in [3.8, 4) is 0 Å². The van der Waals surface area contributed by atoms with E-state index in [1.807, 2.05) is 24.3 Å². The number of rotatable bonds is 0. The molecule has 0 aromatic heterocycles. The molecule has 0 amide bonds. The largest absolute Gasteiger partial charge is 0.433 e. The Morgan fingerprint density at radius 3 is 1.53 bits per heavy atom. The normalized spacial score (nSPS) is 17.9. The lowest BCUT2D eigenvalue weighted by Gasteiger charge is -2.09. The zero-order valence-corrected chi connectivity index (χ0v) is 10.8. The van der Waals surface area contributed by atoms with E-state index in [1.54, 1.807) is 0 Å². The predicted octanol–water partition coefficient (Wildman–Crippen LogP) is 2.10. The first-order chi connectivity index (χ1) is 8.29. The van der Waals surface area contributed by atoms with E-state index in [0.717, 1.165) is 37.6 Å². The minimum absolute atomic E-state index is 0.491. The van der Waals surface area contributed by atoms with Gasteiger partial charge in [-0.25, -0.2) is 0 Å². The molecule has 2 aliphatic rings. The monoisotopic (exact) mass is 268 g/mol. The first-order valence-corrected chi connectivity index (χ1v) is 6.12. The molecule has 0 saturated carbocycles. The number of hydrogen-bond donors (Lipinski definition) is 0. The Balaban J connectivity index is 0.000000153. The minimum atomic E-state index is 0.491. The molecule has 0 aliphatic carbocycles. The summed E-state index contributed by atoms with van der Waals surface area (Å²) in [6.07, 6.45) is 0. The summed E-state index contributed by atoms with van der Waals surface area (Å²) in [5, 5.41) is 0.983. The summed E-state index contributed by atoms with van der Waals surface area (Å²) in [4.78, 5) is 0. The summed E-state index contributed by atoms with van der Waals surface area (Å²) in [7, 11) is 0. The molecule has 0 spiro atoms. The second-order valence-corrected chi connectivity index (χ2v) is 4.19. The number of hydrogen-bond acceptors (Lipinski definition) is 5. The zero-order valence-electron chi connectivity index (χ0n) is 9.18. The molecule has 2 aliphatic heterocycles. The molecular weight excluding hydrogens is 256 g/mol. The highest BCUT2D eigenvalue weighted by atomic mass is 32.1. The number of fused-ring (bicyclic) bond motifs is 1. The van der Waals surface area contributed by atoms with Gasteiger partial charge in [-0.3, -0.25) is 0 Å². The predicted molar refractivity (Wildman–Crippen MR) is 72.6 cm³/mol. The summed E-state index contributed by atoms with van der Waals surface area (Å²) >= 11 is 9.88. The molecule has 5 heteroatoms. The molecule has 17 heavy (non-hydrogen) atoms. The lowest BCUT2D eigenvalue weighted by molar-refractivity contribution is -0.0334. The van der Waals surface area contributed by atoms with Gasteiger partial charge in [-0.1, -0.05) is 12.1 Å². The number of ether oxygens (including phenoxy) is 3. The maximum Gasteiger partial charge on any atom is 0.200 e. The van der Waals surface area contributed by atoms with Crippen LogP contribution >= 0.6 is 24.4 Å². The van der Waals surface area contributed by atoms with Crippen molar-refractivity contribution in [3.05, 3.63) is 35.4 Å². The smallest absolute Gasteiger partial charge is 0.200 e. The lowest BCUT2D eigenvalue weighted by atomic mass is 10.1. The highest BCUT2D eigenvalue weighted by molar-refractivity contribution is 7.82. The SMILES string of the molecule is C1COCCO1.S=C1OC(=S)c2ccccc21. The summed E-state index contributed by atoms with van der Waals surface area (Å²) < 4.78 is 15.0. The molecule has 3 nitrogen and oxygen atoms in total. The highest BCUT2D eigenvalue weighted by Crippen LogP contribution is 2.20. The Morgan fingerprint density at radius 2 is 1.18 bits per heavy atom. The average molecular weight is 268 g/mol. The van der Waals surface area contributed by atoms with Crippen LogP contribution in [0.1, 0.15) is 11.1 Å². The van der Waals surface area contributed by atoms with E-state index in [-0.39, 0.29) is 0 Å². The third kappa shape index (κ3) is 3.29. The van der Waals surface area contributed by atoms with Crippen LogP contribution in [0.5, 0.6) is 0 Å². The second kappa shape index (κ2) is 6.16. The van der Waals surface area contributed by atoms with E-state index in [1.165, 1.54) is 0 Å². The zero-order chi connectivity index (χ0) is 12.1. The van der Waals surface area contributed by atoms with Crippen molar-refractivity contribution in [2.45, 2.75) is 0 Å². The maximum absolute atomic E-state index is 5.09. The first kappa shape index (κ1) is 12.6. The van der Waals surface area contributed by atoms with Crippen LogP contribution in [0.15, 0.2) is 24.3 Å². The molecule has 1 fully saturated rings. The third-order valence-electron chi connectivity index (χ3n) is 2.30. The molecule has 0 bridgehead atoms. The Hall–Kier alpha value is -0.880. The summed E-state index contributed by atoms with van der Waals surface area (Å²) in [5.74, 6) is 0. The van der Waals surface area contributed by atoms with E-state index >= 15 is 0 Å². The summed E-state index contributed by atoms with van der Waals surface area (Å²) in [6.45, 7) is 3.11. The van der Waals surface area contributed by atoms with Crippen molar-refractivity contribution >= 4 is 34.5 Å². The van der Waals surface area contributed by atoms with Gasteiger partial charge in [-0.15, -0.1) is 0 Å². The fourth-order valence-corrected chi connectivity index (χ4v) is 2.05. The quantitative estimate of drug-likeness (QED) is 0.672. The molecule has 0 unspecified atom stereocenters. The van der Waals surface area contributed by atoms with Gasteiger partial charge in [-0.2, -0.15) is 0 Å². The molecule has 0 radical (unpaired) electrons. The van der Waals surface area contributed by atoms with E-state index in [4.69, 9.17) is 38.6 Å². The minimum Gasteiger partial charge on any atom is -0.433 e. The fraction of sp³-hybridized carbons (Fsp3) is 0.333. The molecule has 1 aromatic rings. The van der Waals surface area contributed by atoms with Crippen LogP contribution in [0.25, 0.3) is 0 Å². The van der Waals surface area contributed by atoms with Gasteiger partial charge in [0.2, 0.25) is 0 Å². The van der Waals surface area contributed by atoms with E-state index < -0.39 is 0 Å². The van der Waals surface area contributed by atoms with Crippen LogP contribution in [0.3, 0.4) is 0 Å². The van der Waals surface area contributed by atoms with Gasteiger partial charge in [0.1, 0.15) is 0 Å². The molecule has 0 N–H and O–H groups in total. The number of thiocarbonyl (C=S) groups is 2. The van der Waals surface area contributed by atoms with Crippen molar-refractivity contribution in [2.24, 2.45) is 0 Å². The van der Waals surface area contributed by atoms with Crippen LogP contribution in [-0.4, -0.2) is 36.5 Å². The fourth-order valence-electron chi connectivity index (χ4n) is 1.47. The Labute approximate surface area is 111 Å². The highest BCUT2D eigenvalue weighted by Gasteiger charge is 2.21. The van der Waals surface area contributed by atoms with Crippen LogP contribution in [0.4, 0.5) is 0 Å². The standard InChI is InChI=1S/C8H4OS2.C4H8O2/c10-7-5-3-1-2-4-6(5)8(11)9-7;1-2-6-4-3-5-1/h1-4H;1-4H2. The molecule has 3 rings (SSSR count). The van der Waals surface area contributed by atoms with Gasteiger partial charge in [0.05, 0.1) is 26.4 Å². The van der Waals surface area contributed by atoms with Crippen molar-refractivity contribution in [3.63, 3.8) is 0 Å². The lowest BCUT2D eigenvalue weighted by Crippen LogP contribution is -2.16. The number of benzene rings is 1. The summed E-state index contributed by atoms with van der Waals surface area (Å²) in [6, 6.07) is 7.67. The Morgan fingerprint density at radius 1 is 0.765 bits per heavy atom. The van der Waals surface area contributed by atoms with Crippen molar-refractivity contribution in [1.82, 2.24) is 0 Å². The Kier molecular flexibility index (Phi) is 4.56. The van der Waals surface area contributed by atoms with Crippen molar-refractivity contribution in [2.75, 3.05) is 26.4 Å². The Bertz CT molecular complexity index is 383. The summed E-state index contributed by atoms with van der Waals surface area (Å²) in [5.41, 5.74) is 1.88. The van der Waals surface area contributed by atoms with Crippen LogP contribution in [0, 0.1) is 0 Å². The molecule has 2 heterocycles. The van der Waals surface area contributed by atoms with Gasteiger partial charge in [0.15, 0.2) is 10.1 Å². The maximum atomic E-state index is 5.09. The van der Waals surface area contributed by atoms with Crippen molar-refractivity contribution < 1.29 is 14.2 Å². The van der Waals surface area contributed by atoms with E-state index in [9.17, 15) is 0 Å². The van der Waals surface area contributed by atoms with Gasteiger partial charge >= 0.3 is 0 Å². The molecule has 0 atom stereocenters. The van der Waals surface area contributed by atoms with Gasteiger partial charge < -0.3 is 14.2 Å². The van der Waals surface area contributed by atoms with E-state index in [0.29, 0.717) is 10.1 Å². The van der Waals surface area contributed by atoms with Crippen LogP contribution in [-0.2, 0) is 14.2 Å².